The summed E-state index contributed by atoms with van der Waals surface area (Å²) in [5.41, 5.74) is 1.13. The molecule has 0 saturated carbocycles. The van der Waals surface area contributed by atoms with Gasteiger partial charge >= 0.3 is 0 Å². The zero-order valence-corrected chi connectivity index (χ0v) is 14.2. The Labute approximate surface area is 149 Å². The zero-order valence-electron chi connectivity index (χ0n) is 14.2. The minimum Gasteiger partial charge on any atom is -0.497 e. The van der Waals surface area contributed by atoms with E-state index >= 15 is 0 Å². The van der Waals surface area contributed by atoms with E-state index in [2.05, 4.69) is 15.3 Å². The Morgan fingerprint density at radius 2 is 2.15 bits per heavy atom. The number of ether oxygens (including phenoxy) is 1. The maximum atomic E-state index is 8.18. The second-order valence-corrected chi connectivity index (χ2v) is 5.89. The van der Waals surface area contributed by atoms with Gasteiger partial charge in [-0.1, -0.05) is 12.1 Å². The van der Waals surface area contributed by atoms with Crippen LogP contribution < -0.4 is 26.6 Å². The van der Waals surface area contributed by atoms with Crippen molar-refractivity contribution in [2.24, 2.45) is 5.84 Å². The van der Waals surface area contributed by atoms with E-state index in [1.54, 1.807) is 19.4 Å². The monoisotopic (exact) mass is 353 g/mol. The third-order valence-electron chi connectivity index (χ3n) is 4.22. The number of rotatable bonds is 5. The number of methoxy groups -OCH3 is 1. The van der Waals surface area contributed by atoms with Gasteiger partial charge in [-0.05, 0) is 36.2 Å². The van der Waals surface area contributed by atoms with Crippen molar-refractivity contribution in [1.82, 2.24) is 14.6 Å². The highest BCUT2D eigenvalue weighted by molar-refractivity contribution is 5.38. The van der Waals surface area contributed by atoms with Gasteiger partial charge < -0.3 is 14.5 Å². The van der Waals surface area contributed by atoms with Crippen molar-refractivity contribution in [1.29, 1.82) is 5.41 Å². The van der Waals surface area contributed by atoms with Gasteiger partial charge in [-0.3, -0.25) is 5.41 Å². The summed E-state index contributed by atoms with van der Waals surface area (Å²) in [6.07, 6.45) is 2.49. The Morgan fingerprint density at radius 1 is 1.27 bits per heavy atom. The molecule has 134 valence electrons. The van der Waals surface area contributed by atoms with Crippen LogP contribution in [0.15, 0.2) is 47.1 Å². The van der Waals surface area contributed by atoms with Gasteiger partial charge in [-0.25, -0.2) is 11.0 Å². The highest BCUT2D eigenvalue weighted by atomic mass is 16.5. The van der Waals surface area contributed by atoms with E-state index in [1.165, 1.54) is 9.79 Å². The van der Waals surface area contributed by atoms with Crippen LogP contribution in [0, 0.1) is 5.41 Å². The van der Waals surface area contributed by atoms with E-state index in [-0.39, 0.29) is 5.62 Å². The van der Waals surface area contributed by atoms with Gasteiger partial charge in [0, 0.05) is 6.42 Å². The van der Waals surface area contributed by atoms with Crippen LogP contribution in [-0.2, 0) is 12.8 Å². The molecular formula is C17H19N7O2. The lowest BCUT2D eigenvalue weighted by Gasteiger charge is -2.18. The van der Waals surface area contributed by atoms with Crippen LogP contribution in [0.3, 0.4) is 0 Å². The second-order valence-electron chi connectivity index (χ2n) is 5.89. The molecule has 2 aromatic heterocycles. The predicted molar refractivity (Wildman–Crippen MR) is 93.8 cm³/mol. The van der Waals surface area contributed by atoms with E-state index in [1.807, 2.05) is 30.3 Å². The van der Waals surface area contributed by atoms with Crippen LogP contribution in [0.5, 0.6) is 5.75 Å². The number of nitrogens with two attached hydrogens (primary N) is 1. The number of aryl methyl sites for hydroxylation is 2. The zero-order chi connectivity index (χ0) is 18.1. The summed E-state index contributed by atoms with van der Waals surface area (Å²) in [6, 6.07) is 11.5. The number of anilines is 1. The van der Waals surface area contributed by atoms with E-state index in [9.17, 15) is 0 Å². The Hall–Kier alpha value is -3.33. The number of furan rings is 1. The number of hydrogen-bond donors (Lipinski definition) is 3. The molecule has 9 heteroatoms. The Morgan fingerprint density at radius 3 is 2.92 bits per heavy atom. The van der Waals surface area contributed by atoms with Crippen LogP contribution in [0.25, 0.3) is 0 Å². The van der Waals surface area contributed by atoms with E-state index in [0.29, 0.717) is 24.0 Å². The number of aromatic nitrogens is 3. The number of nitrogens with zero attached hydrogens (tertiary/aromatic N) is 4. The first-order chi connectivity index (χ1) is 12.7. The average molecular weight is 353 g/mol. The van der Waals surface area contributed by atoms with Gasteiger partial charge in [0.2, 0.25) is 11.6 Å². The normalized spacial score (nSPS) is 15.6. The SMILES string of the molecule is COc1cccc(CCc2nc3n(c(=N)n2)N(N)C(c2ccco2)N3)c1. The molecule has 1 unspecified atom stereocenters. The molecule has 4 rings (SSSR count). The molecule has 3 heterocycles. The molecular weight excluding hydrogens is 334 g/mol. The molecule has 1 aliphatic heterocycles. The maximum Gasteiger partial charge on any atom is 0.247 e. The summed E-state index contributed by atoms with van der Waals surface area (Å²) in [6.45, 7) is 0. The summed E-state index contributed by atoms with van der Waals surface area (Å²) >= 11 is 0. The van der Waals surface area contributed by atoms with Gasteiger partial charge in [0.1, 0.15) is 17.3 Å². The number of benzene rings is 1. The number of nitrogens with one attached hydrogen (secondary N) is 2. The summed E-state index contributed by atoms with van der Waals surface area (Å²) in [7, 11) is 1.64. The number of hydrogen-bond acceptors (Lipinski definition) is 8. The lowest BCUT2D eigenvalue weighted by atomic mass is 10.1. The highest BCUT2D eigenvalue weighted by Gasteiger charge is 2.31. The van der Waals surface area contributed by atoms with Crippen LogP contribution in [0.2, 0.25) is 0 Å². The van der Waals surface area contributed by atoms with Gasteiger partial charge in [0.15, 0.2) is 6.17 Å². The van der Waals surface area contributed by atoms with Crippen molar-refractivity contribution in [2.45, 2.75) is 19.0 Å². The van der Waals surface area contributed by atoms with Crippen LogP contribution >= 0.6 is 0 Å². The smallest absolute Gasteiger partial charge is 0.247 e. The van der Waals surface area contributed by atoms with Gasteiger partial charge in [0.05, 0.1) is 13.4 Å². The Bertz CT molecular complexity index is 967. The van der Waals surface area contributed by atoms with Crippen molar-refractivity contribution in [3.8, 4) is 5.75 Å². The van der Waals surface area contributed by atoms with Gasteiger partial charge in [-0.2, -0.15) is 14.6 Å². The molecule has 0 fully saturated rings. The largest absolute Gasteiger partial charge is 0.497 e. The lowest BCUT2D eigenvalue weighted by molar-refractivity contribution is 0.414. The molecule has 4 N–H and O–H groups in total. The van der Waals surface area contributed by atoms with Crippen LogP contribution in [0.1, 0.15) is 23.3 Å². The number of fused-ring (bicyclic) bond motifs is 1. The molecule has 0 radical (unpaired) electrons. The first-order valence-corrected chi connectivity index (χ1v) is 8.17. The topological polar surface area (TPSA) is 118 Å². The van der Waals surface area contributed by atoms with Crippen molar-refractivity contribution in [3.63, 3.8) is 0 Å². The summed E-state index contributed by atoms with van der Waals surface area (Å²) < 4.78 is 12.1. The summed E-state index contributed by atoms with van der Waals surface area (Å²) in [4.78, 5) is 8.77. The van der Waals surface area contributed by atoms with E-state index in [4.69, 9.17) is 20.4 Å². The lowest BCUT2D eigenvalue weighted by Crippen LogP contribution is -2.47. The number of hydrazine groups is 1. The molecule has 0 spiro atoms. The molecule has 1 aliphatic rings. The second kappa shape index (κ2) is 6.52. The molecule has 0 bridgehead atoms. The van der Waals surface area contributed by atoms with Crippen molar-refractivity contribution >= 4 is 5.95 Å². The first kappa shape index (κ1) is 16.2. The fraction of sp³-hybridized carbons (Fsp3) is 0.235. The maximum absolute atomic E-state index is 8.18. The molecule has 1 atom stereocenters. The third kappa shape index (κ3) is 2.88. The minimum absolute atomic E-state index is 0.0136. The van der Waals surface area contributed by atoms with Crippen LogP contribution in [0.4, 0.5) is 5.95 Å². The standard InChI is InChI=1S/C17H19N7O2/c1-25-12-5-2-4-11(10-12)7-8-14-20-16(18)23-17(21-14)22-15(24(23)19)13-6-3-9-26-13/h2-6,9-10,15H,7-8,19H2,1H3,(H2,18,20,21,22). The third-order valence-corrected chi connectivity index (χ3v) is 4.22. The molecule has 3 aromatic rings. The van der Waals surface area contributed by atoms with E-state index < -0.39 is 6.17 Å². The minimum atomic E-state index is -0.433. The quantitative estimate of drug-likeness (QED) is 0.587. The van der Waals surface area contributed by atoms with Crippen molar-refractivity contribution in [2.75, 3.05) is 17.5 Å². The molecule has 9 nitrogen and oxygen atoms in total. The van der Waals surface area contributed by atoms with E-state index in [0.717, 1.165) is 17.7 Å². The molecule has 0 saturated heterocycles. The molecule has 26 heavy (non-hydrogen) atoms. The van der Waals surface area contributed by atoms with Crippen LogP contribution in [-0.4, -0.2) is 21.8 Å². The first-order valence-electron chi connectivity index (χ1n) is 8.17. The Balaban J connectivity index is 1.55. The highest BCUT2D eigenvalue weighted by Crippen LogP contribution is 2.25. The average Bonchev–Trinajstić information content (AvgIpc) is 3.28. The predicted octanol–water partition coefficient (Wildman–Crippen LogP) is 1.08. The fourth-order valence-corrected chi connectivity index (χ4v) is 2.92. The fourth-order valence-electron chi connectivity index (χ4n) is 2.92. The van der Waals surface area contributed by atoms with Crippen molar-refractivity contribution in [3.05, 3.63) is 65.4 Å². The summed E-state index contributed by atoms with van der Waals surface area (Å²) in [5, 5.41) is 12.7. The van der Waals surface area contributed by atoms with Crippen molar-refractivity contribution < 1.29 is 9.15 Å². The molecule has 0 aliphatic carbocycles. The molecule has 1 aromatic carbocycles. The Kier molecular flexibility index (Phi) is 4.05. The van der Waals surface area contributed by atoms with Gasteiger partial charge in [-0.15, -0.1) is 0 Å². The van der Waals surface area contributed by atoms with Gasteiger partial charge in [0.25, 0.3) is 0 Å². The summed E-state index contributed by atoms with van der Waals surface area (Å²) in [5.74, 6) is 8.58. The molecule has 0 amide bonds.